The summed E-state index contributed by atoms with van der Waals surface area (Å²) in [5.74, 6) is -1.75. The fourth-order valence-corrected chi connectivity index (χ4v) is 3.21. The fourth-order valence-electron chi connectivity index (χ4n) is 3.21. The minimum absolute atomic E-state index is 0.0814. The molecular weight excluding hydrogens is 366 g/mol. The molecule has 0 radical (unpaired) electrons. The summed E-state index contributed by atoms with van der Waals surface area (Å²) in [4.78, 5) is 24.2. The van der Waals surface area contributed by atoms with Gasteiger partial charge in [-0.3, -0.25) is 9.59 Å². The first-order valence-corrected chi connectivity index (χ1v) is 9.57. The number of amides is 1. The van der Waals surface area contributed by atoms with Crippen LogP contribution in [0.2, 0.25) is 0 Å². The number of aromatic nitrogens is 2. The van der Waals surface area contributed by atoms with E-state index in [9.17, 15) is 14.7 Å². The van der Waals surface area contributed by atoms with Gasteiger partial charge >= 0.3 is 5.97 Å². The molecule has 3 aromatic rings. The van der Waals surface area contributed by atoms with Crippen molar-refractivity contribution in [2.75, 3.05) is 5.32 Å². The Labute approximate surface area is 170 Å². The van der Waals surface area contributed by atoms with Crippen molar-refractivity contribution in [3.8, 4) is 5.69 Å². The van der Waals surface area contributed by atoms with Crippen LogP contribution in [0.5, 0.6) is 0 Å². The average molecular weight is 391 g/mol. The first-order valence-electron chi connectivity index (χ1n) is 9.57. The first-order chi connectivity index (χ1) is 13.8. The number of carboxylic acid groups (broad SMARTS) is 1. The molecule has 0 fully saturated rings. The highest BCUT2D eigenvalue weighted by Gasteiger charge is 2.21. The Morgan fingerprint density at radius 1 is 1.07 bits per heavy atom. The van der Waals surface area contributed by atoms with Gasteiger partial charge in [-0.1, -0.05) is 43.7 Å². The number of carbonyl (C=O) groups is 2. The number of aryl methyl sites for hydroxylation is 1. The van der Waals surface area contributed by atoms with Crippen LogP contribution in [0.25, 0.3) is 5.69 Å². The van der Waals surface area contributed by atoms with Crippen LogP contribution < -0.4 is 5.32 Å². The summed E-state index contributed by atoms with van der Waals surface area (Å²) >= 11 is 0. The minimum Gasteiger partial charge on any atom is -0.481 e. The van der Waals surface area contributed by atoms with Gasteiger partial charge in [-0.25, -0.2) is 4.68 Å². The molecule has 1 unspecified atom stereocenters. The number of carbonyl (C=O) groups excluding carboxylic acids is 1. The van der Waals surface area contributed by atoms with Crippen LogP contribution in [0.3, 0.4) is 0 Å². The van der Waals surface area contributed by atoms with Crippen molar-refractivity contribution in [1.82, 2.24) is 9.78 Å². The number of nitrogens with zero attached hydrogens (tertiary/aromatic N) is 2. The largest absolute Gasteiger partial charge is 0.481 e. The molecule has 6 nitrogen and oxygen atoms in total. The second kappa shape index (κ2) is 8.31. The maximum absolute atomic E-state index is 13.0. The Morgan fingerprint density at radius 3 is 2.38 bits per heavy atom. The summed E-state index contributed by atoms with van der Waals surface area (Å²) in [6.07, 6.45) is 1.58. The molecule has 2 N–H and O–H groups in total. The van der Waals surface area contributed by atoms with E-state index in [0.717, 1.165) is 16.9 Å². The summed E-state index contributed by atoms with van der Waals surface area (Å²) in [5.41, 5.74) is 4.56. The number of nitrogens with one attached hydrogen (secondary N) is 1. The molecule has 0 saturated carbocycles. The van der Waals surface area contributed by atoms with E-state index in [4.69, 9.17) is 0 Å². The molecule has 3 rings (SSSR count). The normalized spacial score (nSPS) is 12.0. The fraction of sp³-hybridized carbons (Fsp3) is 0.261. The number of aliphatic carboxylic acids is 1. The number of hydrogen-bond acceptors (Lipinski definition) is 3. The van der Waals surface area contributed by atoms with E-state index in [1.807, 2.05) is 45.0 Å². The number of anilines is 1. The smallest absolute Gasteiger partial charge is 0.310 e. The number of hydrogen-bond donors (Lipinski definition) is 2. The Morgan fingerprint density at radius 2 is 1.76 bits per heavy atom. The summed E-state index contributed by atoms with van der Waals surface area (Å²) in [6.45, 7) is 7.68. The van der Waals surface area contributed by atoms with Gasteiger partial charge in [0.1, 0.15) is 0 Å². The van der Waals surface area contributed by atoms with E-state index in [2.05, 4.69) is 10.4 Å². The monoisotopic (exact) mass is 391 g/mol. The summed E-state index contributed by atoms with van der Waals surface area (Å²) in [6, 6.07) is 14.9. The van der Waals surface area contributed by atoms with Crippen molar-refractivity contribution in [3.05, 3.63) is 77.1 Å². The lowest BCUT2D eigenvalue weighted by Gasteiger charge is -2.14. The number of carboxylic acids is 1. The summed E-state index contributed by atoms with van der Waals surface area (Å²) in [5, 5.41) is 16.5. The molecule has 6 heteroatoms. The third-order valence-electron chi connectivity index (χ3n) is 4.89. The highest BCUT2D eigenvalue weighted by atomic mass is 16.4. The van der Waals surface area contributed by atoms with Gasteiger partial charge in [-0.2, -0.15) is 5.10 Å². The minimum atomic E-state index is -0.907. The topological polar surface area (TPSA) is 84.2 Å². The van der Waals surface area contributed by atoms with Gasteiger partial charge in [0.05, 0.1) is 29.1 Å². The first kappa shape index (κ1) is 20.3. The van der Waals surface area contributed by atoms with E-state index in [0.29, 0.717) is 16.8 Å². The van der Waals surface area contributed by atoms with Gasteiger partial charge in [0, 0.05) is 5.69 Å². The SMILES string of the molecule is Cc1ccc(-n2ncc(C(=O)Nc3cccc(C(C)C(=O)O)c3)c2C(C)C)cc1. The van der Waals surface area contributed by atoms with E-state index in [1.54, 1.807) is 42.1 Å². The van der Waals surface area contributed by atoms with E-state index in [1.165, 1.54) is 0 Å². The Kier molecular flexibility index (Phi) is 5.82. The van der Waals surface area contributed by atoms with Crippen molar-refractivity contribution in [3.63, 3.8) is 0 Å². The quantitative estimate of drug-likeness (QED) is 0.635. The van der Waals surface area contributed by atoms with E-state index < -0.39 is 11.9 Å². The van der Waals surface area contributed by atoms with Crippen LogP contribution in [0.4, 0.5) is 5.69 Å². The van der Waals surface area contributed by atoms with E-state index >= 15 is 0 Å². The second-order valence-electron chi connectivity index (χ2n) is 7.49. The van der Waals surface area contributed by atoms with Crippen molar-refractivity contribution in [1.29, 1.82) is 0 Å². The van der Waals surface area contributed by atoms with Gasteiger partial charge < -0.3 is 10.4 Å². The average Bonchev–Trinajstić information content (AvgIpc) is 3.13. The molecule has 0 aliphatic carbocycles. The van der Waals surface area contributed by atoms with Crippen molar-refractivity contribution in [2.24, 2.45) is 0 Å². The van der Waals surface area contributed by atoms with Crippen LogP contribution >= 0.6 is 0 Å². The molecule has 0 saturated heterocycles. The Hall–Kier alpha value is -3.41. The predicted octanol–water partition coefficient (Wildman–Crippen LogP) is 4.74. The molecule has 29 heavy (non-hydrogen) atoms. The maximum Gasteiger partial charge on any atom is 0.310 e. The maximum atomic E-state index is 13.0. The zero-order valence-corrected chi connectivity index (χ0v) is 17.0. The number of rotatable bonds is 6. The van der Waals surface area contributed by atoms with Crippen LogP contribution in [0.1, 0.15) is 59.8 Å². The van der Waals surface area contributed by atoms with Gasteiger partial charge in [-0.15, -0.1) is 0 Å². The molecule has 0 aliphatic rings. The molecule has 1 heterocycles. The van der Waals surface area contributed by atoms with Gasteiger partial charge in [0.15, 0.2) is 0 Å². The van der Waals surface area contributed by atoms with E-state index in [-0.39, 0.29) is 11.8 Å². The van der Waals surface area contributed by atoms with Gasteiger partial charge in [-0.05, 0) is 49.6 Å². The van der Waals surface area contributed by atoms with Crippen LogP contribution in [-0.4, -0.2) is 26.8 Å². The molecule has 0 aliphatic heterocycles. The molecule has 0 spiro atoms. The Balaban J connectivity index is 1.91. The second-order valence-corrected chi connectivity index (χ2v) is 7.49. The molecule has 0 bridgehead atoms. The zero-order valence-electron chi connectivity index (χ0n) is 17.0. The van der Waals surface area contributed by atoms with Crippen molar-refractivity contribution in [2.45, 2.75) is 39.5 Å². The van der Waals surface area contributed by atoms with Crippen LogP contribution in [-0.2, 0) is 4.79 Å². The third kappa shape index (κ3) is 4.37. The summed E-state index contributed by atoms with van der Waals surface area (Å²) in [7, 11) is 0. The molecule has 1 amide bonds. The van der Waals surface area contributed by atoms with Crippen molar-refractivity contribution >= 4 is 17.6 Å². The highest BCUT2D eigenvalue weighted by Crippen LogP contribution is 2.25. The lowest BCUT2D eigenvalue weighted by Crippen LogP contribution is -2.16. The lowest BCUT2D eigenvalue weighted by atomic mass is 10.0. The summed E-state index contributed by atoms with van der Waals surface area (Å²) < 4.78 is 1.79. The molecule has 150 valence electrons. The molecular formula is C23H25N3O3. The molecule has 1 atom stereocenters. The standard InChI is InChI=1S/C23H25N3O3/c1-14(2)21-20(13-24-26(21)19-10-8-15(3)9-11-19)22(27)25-18-7-5-6-17(12-18)16(4)23(28)29/h5-14,16H,1-4H3,(H,25,27)(H,28,29). The van der Waals surface area contributed by atoms with Crippen LogP contribution in [0.15, 0.2) is 54.7 Å². The Bertz CT molecular complexity index is 1040. The van der Waals surface area contributed by atoms with Crippen LogP contribution in [0, 0.1) is 6.92 Å². The third-order valence-corrected chi connectivity index (χ3v) is 4.89. The zero-order chi connectivity index (χ0) is 21.1. The lowest BCUT2D eigenvalue weighted by molar-refractivity contribution is -0.138. The van der Waals surface area contributed by atoms with Gasteiger partial charge in [0.25, 0.3) is 5.91 Å². The van der Waals surface area contributed by atoms with Crippen molar-refractivity contribution < 1.29 is 14.7 Å². The molecule has 2 aromatic carbocycles. The molecule has 1 aromatic heterocycles. The highest BCUT2D eigenvalue weighted by molar-refractivity contribution is 6.05. The number of benzene rings is 2. The predicted molar refractivity (Wildman–Crippen MR) is 113 cm³/mol. The van der Waals surface area contributed by atoms with Gasteiger partial charge in [0.2, 0.25) is 0 Å².